The average Bonchev–Trinajstić information content (AvgIpc) is 3.41. The first-order valence-corrected chi connectivity index (χ1v) is 14.1. The highest BCUT2D eigenvalue weighted by molar-refractivity contribution is 7.85. The summed E-state index contributed by atoms with van der Waals surface area (Å²) in [6, 6.07) is 18.4. The maximum absolute atomic E-state index is 13.8. The Morgan fingerprint density at radius 2 is 1.76 bits per heavy atom. The lowest BCUT2D eigenvalue weighted by atomic mass is 10.0. The molecule has 3 aromatic rings. The van der Waals surface area contributed by atoms with Crippen molar-refractivity contribution in [3.63, 3.8) is 0 Å². The van der Waals surface area contributed by atoms with Crippen LogP contribution < -0.4 is 10.2 Å². The van der Waals surface area contributed by atoms with Crippen LogP contribution in [-0.2, 0) is 17.3 Å². The molecule has 1 N–H and O–H groups in total. The van der Waals surface area contributed by atoms with Crippen LogP contribution in [0.1, 0.15) is 56.7 Å². The fraction of sp³-hybridized carbons (Fsp3) is 0.333. The van der Waals surface area contributed by atoms with E-state index < -0.39 is 10.8 Å². The zero-order chi connectivity index (χ0) is 25.9. The Balaban J connectivity index is 1.46. The number of aryl methyl sites for hydroxylation is 2. The number of hydrogen-bond donors (Lipinski definition) is 1. The zero-order valence-electron chi connectivity index (χ0n) is 21.5. The van der Waals surface area contributed by atoms with Gasteiger partial charge < -0.3 is 15.1 Å². The number of rotatable bonds is 7. The molecular formula is C30H33N3O3S. The first-order chi connectivity index (χ1) is 17.9. The van der Waals surface area contributed by atoms with Gasteiger partial charge in [-0.25, -0.2) is 4.21 Å². The van der Waals surface area contributed by atoms with Crippen molar-refractivity contribution in [2.45, 2.75) is 49.4 Å². The van der Waals surface area contributed by atoms with E-state index in [1.165, 1.54) is 12.8 Å². The molecule has 3 aromatic carbocycles. The summed E-state index contributed by atoms with van der Waals surface area (Å²) in [5, 5.41) is 3.02. The van der Waals surface area contributed by atoms with Gasteiger partial charge in [0.25, 0.3) is 11.8 Å². The van der Waals surface area contributed by atoms with Gasteiger partial charge in [-0.05, 0) is 94.2 Å². The molecule has 37 heavy (non-hydrogen) atoms. The van der Waals surface area contributed by atoms with Crippen LogP contribution in [0.2, 0.25) is 0 Å². The Kier molecular flexibility index (Phi) is 7.53. The molecule has 2 aliphatic rings. The van der Waals surface area contributed by atoms with Crippen LogP contribution in [0.25, 0.3) is 0 Å². The standard InChI is InChI=1S/C30H33N3O3S/c1-21-10-11-22(2)24(18-21)20-33-26-19-23(29(34)31-14-7-17-32-15-5-6-16-32)12-13-28(26)37(36)27-9-4-3-8-25(27)30(33)35/h3-4,8-13,18-19H,5-7,14-17,20H2,1-2H3,(H,31,34)/t37-/m1/s1. The molecule has 2 heterocycles. The quantitative estimate of drug-likeness (QED) is 0.457. The molecule has 0 aromatic heterocycles. The molecule has 7 heteroatoms. The molecule has 0 spiro atoms. The Morgan fingerprint density at radius 1 is 0.973 bits per heavy atom. The van der Waals surface area contributed by atoms with Crippen molar-refractivity contribution >= 4 is 28.3 Å². The molecule has 0 aliphatic carbocycles. The molecule has 0 unspecified atom stereocenters. The smallest absolute Gasteiger partial charge is 0.259 e. The van der Waals surface area contributed by atoms with Crippen LogP contribution in [0, 0.1) is 13.8 Å². The fourth-order valence-corrected chi connectivity index (χ4v) is 6.46. The fourth-order valence-electron chi connectivity index (χ4n) is 5.12. The van der Waals surface area contributed by atoms with Crippen LogP contribution in [0.5, 0.6) is 0 Å². The molecule has 5 rings (SSSR count). The number of amides is 2. The third kappa shape index (κ3) is 5.38. The van der Waals surface area contributed by atoms with Crippen LogP contribution in [0.4, 0.5) is 5.69 Å². The minimum absolute atomic E-state index is 0.184. The lowest BCUT2D eigenvalue weighted by Crippen LogP contribution is -2.31. The first-order valence-electron chi connectivity index (χ1n) is 13.0. The summed E-state index contributed by atoms with van der Waals surface area (Å²) in [7, 11) is -1.55. The minimum Gasteiger partial charge on any atom is -0.352 e. The minimum atomic E-state index is -1.55. The Labute approximate surface area is 221 Å². The zero-order valence-corrected chi connectivity index (χ0v) is 22.3. The van der Waals surface area contributed by atoms with E-state index in [2.05, 4.69) is 16.3 Å². The highest BCUT2D eigenvalue weighted by Gasteiger charge is 2.31. The van der Waals surface area contributed by atoms with Crippen molar-refractivity contribution in [1.82, 2.24) is 10.2 Å². The van der Waals surface area contributed by atoms with Gasteiger partial charge in [-0.1, -0.05) is 35.9 Å². The molecule has 1 saturated heterocycles. The number of anilines is 1. The molecule has 1 atom stereocenters. The second-order valence-corrected chi connectivity index (χ2v) is 11.3. The summed E-state index contributed by atoms with van der Waals surface area (Å²) in [5.41, 5.74) is 4.60. The van der Waals surface area contributed by atoms with E-state index in [9.17, 15) is 13.8 Å². The maximum atomic E-state index is 13.8. The monoisotopic (exact) mass is 515 g/mol. The number of carbonyl (C=O) groups is 2. The summed E-state index contributed by atoms with van der Waals surface area (Å²) in [6.07, 6.45) is 3.40. The number of hydrogen-bond acceptors (Lipinski definition) is 4. The molecule has 192 valence electrons. The topological polar surface area (TPSA) is 69.7 Å². The third-order valence-corrected chi connectivity index (χ3v) is 8.74. The van der Waals surface area contributed by atoms with Crippen LogP contribution in [0.15, 0.2) is 70.5 Å². The van der Waals surface area contributed by atoms with Gasteiger partial charge in [-0.2, -0.15) is 0 Å². The van der Waals surface area contributed by atoms with Gasteiger partial charge in [0.05, 0.1) is 38.4 Å². The van der Waals surface area contributed by atoms with Gasteiger partial charge in [-0.3, -0.25) is 9.59 Å². The predicted octanol–water partition coefficient (Wildman–Crippen LogP) is 4.85. The molecule has 0 radical (unpaired) electrons. The lowest BCUT2D eigenvalue weighted by molar-refractivity contribution is 0.0948. The van der Waals surface area contributed by atoms with Crippen LogP contribution in [-0.4, -0.2) is 47.1 Å². The number of nitrogens with one attached hydrogen (secondary N) is 1. The number of nitrogens with zero attached hydrogens (tertiary/aromatic N) is 2. The molecule has 2 amide bonds. The highest BCUT2D eigenvalue weighted by Crippen LogP contribution is 2.36. The SMILES string of the molecule is Cc1ccc(C)c(CN2C(=O)c3ccccc3[S@@](=O)c3ccc(C(=O)NCCCN4CCCC4)cc32)c1. The summed E-state index contributed by atoms with van der Waals surface area (Å²) < 4.78 is 13.6. The molecule has 0 bridgehead atoms. The Morgan fingerprint density at radius 3 is 2.57 bits per heavy atom. The summed E-state index contributed by atoms with van der Waals surface area (Å²) in [5.74, 6) is -0.400. The average molecular weight is 516 g/mol. The van der Waals surface area contributed by atoms with Crippen molar-refractivity contribution in [2.75, 3.05) is 31.1 Å². The van der Waals surface area contributed by atoms with Gasteiger partial charge in [-0.15, -0.1) is 0 Å². The van der Waals surface area contributed by atoms with E-state index in [0.717, 1.165) is 42.7 Å². The van der Waals surface area contributed by atoms with Crippen molar-refractivity contribution in [3.05, 3.63) is 88.5 Å². The highest BCUT2D eigenvalue weighted by atomic mass is 32.2. The van der Waals surface area contributed by atoms with Crippen LogP contribution in [0.3, 0.4) is 0 Å². The predicted molar refractivity (Wildman–Crippen MR) is 147 cm³/mol. The number of fused-ring (bicyclic) bond motifs is 2. The number of likely N-dealkylation sites (tertiary alicyclic amines) is 1. The first kappa shape index (κ1) is 25.4. The Bertz CT molecular complexity index is 1360. The molecule has 2 aliphatic heterocycles. The van der Waals surface area contributed by atoms with Crippen molar-refractivity contribution < 1.29 is 13.8 Å². The van der Waals surface area contributed by atoms with Crippen molar-refractivity contribution in [1.29, 1.82) is 0 Å². The van der Waals surface area contributed by atoms with Gasteiger partial charge in [0.1, 0.15) is 0 Å². The van der Waals surface area contributed by atoms with E-state index in [1.54, 1.807) is 47.4 Å². The van der Waals surface area contributed by atoms with Gasteiger partial charge in [0.15, 0.2) is 0 Å². The van der Waals surface area contributed by atoms with E-state index in [1.807, 2.05) is 26.0 Å². The van der Waals surface area contributed by atoms with E-state index >= 15 is 0 Å². The summed E-state index contributed by atoms with van der Waals surface area (Å²) in [4.78, 5) is 32.0. The summed E-state index contributed by atoms with van der Waals surface area (Å²) >= 11 is 0. The number of benzene rings is 3. The van der Waals surface area contributed by atoms with E-state index in [4.69, 9.17) is 0 Å². The number of carbonyl (C=O) groups excluding carboxylic acids is 2. The van der Waals surface area contributed by atoms with Crippen molar-refractivity contribution in [3.8, 4) is 0 Å². The molecule has 6 nitrogen and oxygen atoms in total. The van der Waals surface area contributed by atoms with Crippen molar-refractivity contribution in [2.24, 2.45) is 0 Å². The van der Waals surface area contributed by atoms with Crippen LogP contribution >= 0.6 is 0 Å². The van der Waals surface area contributed by atoms with Gasteiger partial charge in [0, 0.05) is 12.1 Å². The lowest BCUT2D eigenvalue weighted by Gasteiger charge is -2.24. The van der Waals surface area contributed by atoms with E-state index in [-0.39, 0.29) is 11.8 Å². The Hall–Kier alpha value is -3.29. The third-order valence-electron chi connectivity index (χ3n) is 7.24. The maximum Gasteiger partial charge on any atom is 0.259 e. The second-order valence-electron chi connectivity index (χ2n) is 9.93. The molecule has 0 saturated carbocycles. The normalized spacial score (nSPS) is 17.3. The van der Waals surface area contributed by atoms with E-state index in [0.29, 0.717) is 39.7 Å². The van der Waals surface area contributed by atoms with Gasteiger partial charge >= 0.3 is 0 Å². The van der Waals surface area contributed by atoms with Gasteiger partial charge in [0.2, 0.25) is 0 Å². The molecule has 1 fully saturated rings. The largest absolute Gasteiger partial charge is 0.352 e. The summed E-state index contributed by atoms with van der Waals surface area (Å²) in [6.45, 7) is 8.24. The second kappa shape index (κ2) is 11.0. The molecular weight excluding hydrogens is 482 g/mol.